The summed E-state index contributed by atoms with van der Waals surface area (Å²) in [5.41, 5.74) is 0.689. The van der Waals surface area contributed by atoms with Gasteiger partial charge in [0.15, 0.2) is 12.6 Å². The lowest BCUT2D eigenvalue weighted by atomic mass is 10.1. The highest BCUT2D eigenvalue weighted by Gasteiger charge is 2.03. The van der Waals surface area contributed by atoms with Gasteiger partial charge in [-0.3, -0.25) is 9.59 Å². The van der Waals surface area contributed by atoms with Gasteiger partial charge in [-0.25, -0.2) is 0 Å². The second-order valence-corrected chi connectivity index (χ2v) is 4.29. The second-order valence-electron chi connectivity index (χ2n) is 4.29. The van der Waals surface area contributed by atoms with E-state index in [1.807, 2.05) is 30.3 Å². The number of nitrogens with zero attached hydrogens (tertiary/aromatic N) is 1. The zero-order valence-electron chi connectivity index (χ0n) is 11.9. The van der Waals surface area contributed by atoms with Crippen molar-refractivity contribution < 1.29 is 19.5 Å². The van der Waals surface area contributed by atoms with Crippen molar-refractivity contribution in [2.45, 2.75) is 0 Å². The van der Waals surface area contributed by atoms with Gasteiger partial charge in [0.2, 0.25) is 0 Å². The number of hydroxylamine groups is 2. The molecule has 0 saturated heterocycles. The number of para-hydroxylation sites is 1. The summed E-state index contributed by atoms with van der Waals surface area (Å²) in [5.74, 6) is 1.21. The summed E-state index contributed by atoms with van der Waals surface area (Å²) in [6.45, 7) is 0. The van der Waals surface area contributed by atoms with Gasteiger partial charge in [-0.1, -0.05) is 18.2 Å². The molecule has 2 aromatic carbocycles. The molecule has 110 valence electrons. The van der Waals surface area contributed by atoms with Crippen molar-refractivity contribution in [3.63, 3.8) is 0 Å². The van der Waals surface area contributed by atoms with Crippen LogP contribution in [0.25, 0.3) is 0 Å². The van der Waals surface area contributed by atoms with E-state index in [0.717, 1.165) is 5.06 Å². The van der Waals surface area contributed by atoms with Crippen molar-refractivity contribution in [2.24, 2.45) is 0 Å². The number of hydrogen-bond donors (Lipinski definition) is 1. The third-order valence-corrected chi connectivity index (χ3v) is 2.29. The fourth-order valence-corrected chi connectivity index (χ4v) is 1.45. The molecular formula is C16H17NO4. The lowest BCUT2D eigenvalue weighted by Crippen LogP contribution is -2.01. The highest BCUT2D eigenvalue weighted by Crippen LogP contribution is 2.22. The molecule has 0 bridgehead atoms. The minimum atomic E-state index is 0.327. The van der Waals surface area contributed by atoms with E-state index < -0.39 is 0 Å². The molecule has 0 heterocycles. The molecule has 0 fully saturated rings. The van der Waals surface area contributed by atoms with Gasteiger partial charge in [-0.05, 0) is 30.3 Å². The number of benzene rings is 2. The van der Waals surface area contributed by atoms with Gasteiger partial charge in [0.1, 0.15) is 11.5 Å². The molecule has 2 aromatic rings. The summed E-state index contributed by atoms with van der Waals surface area (Å²) in [6, 6.07) is 14.0. The smallest absolute Gasteiger partial charge is 0.150 e. The van der Waals surface area contributed by atoms with Gasteiger partial charge >= 0.3 is 0 Å². The van der Waals surface area contributed by atoms with Crippen molar-refractivity contribution in [3.05, 3.63) is 59.7 Å². The minimum Gasteiger partial charge on any atom is -0.457 e. The predicted octanol–water partition coefficient (Wildman–Crippen LogP) is 3.04. The van der Waals surface area contributed by atoms with Gasteiger partial charge in [0, 0.05) is 25.2 Å². The first-order valence-electron chi connectivity index (χ1n) is 6.20. The first-order chi connectivity index (χ1) is 10.1. The number of carbonyl (C=O) groups is 2. The summed E-state index contributed by atoms with van der Waals surface area (Å²) in [7, 11) is 3.11. The minimum absolute atomic E-state index is 0.327. The Morgan fingerprint density at radius 2 is 1.48 bits per heavy atom. The number of aldehydes is 2. The zero-order chi connectivity index (χ0) is 15.7. The average Bonchev–Trinajstić information content (AvgIpc) is 2.47. The van der Waals surface area contributed by atoms with Gasteiger partial charge in [0.25, 0.3) is 0 Å². The Labute approximate surface area is 123 Å². The van der Waals surface area contributed by atoms with Crippen LogP contribution in [0.15, 0.2) is 48.5 Å². The molecule has 0 saturated carbocycles. The lowest BCUT2D eigenvalue weighted by molar-refractivity contribution is -0.0372. The van der Waals surface area contributed by atoms with Crippen LogP contribution in [0.2, 0.25) is 0 Å². The van der Waals surface area contributed by atoms with Crippen LogP contribution >= 0.6 is 0 Å². The number of carbonyl (C=O) groups excluding carboxylic acids is 2. The fourth-order valence-electron chi connectivity index (χ4n) is 1.45. The maximum Gasteiger partial charge on any atom is 0.150 e. The molecule has 0 radical (unpaired) electrons. The number of ether oxygens (including phenoxy) is 1. The Kier molecular flexibility index (Phi) is 6.80. The largest absolute Gasteiger partial charge is 0.457 e. The van der Waals surface area contributed by atoms with Gasteiger partial charge in [-0.2, -0.15) is 5.06 Å². The molecule has 0 atom stereocenters. The molecule has 5 nitrogen and oxygen atoms in total. The van der Waals surface area contributed by atoms with Crippen molar-refractivity contribution in [2.75, 3.05) is 14.1 Å². The van der Waals surface area contributed by atoms with E-state index in [0.29, 0.717) is 35.2 Å². The van der Waals surface area contributed by atoms with Crippen LogP contribution in [-0.4, -0.2) is 36.9 Å². The third kappa shape index (κ3) is 5.99. The molecule has 0 aliphatic carbocycles. The lowest BCUT2D eigenvalue weighted by Gasteiger charge is -2.06. The van der Waals surface area contributed by atoms with Crippen LogP contribution in [0.4, 0.5) is 0 Å². The Hall–Kier alpha value is -2.50. The maximum absolute atomic E-state index is 10.8. The Bertz CT molecular complexity index is 579. The normalized spacial score (nSPS) is 9.52. The molecule has 0 aromatic heterocycles. The van der Waals surface area contributed by atoms with Crippen LogP contribution in [0.1, 0.15) is 20.7 Å². The van der Waals surface area contributed by atoms with E-state index >= 15 is 0 Å². The predicted molar refractivity (Wildman–Crippen MR) is 79.2 cm³/mol. The number of hydrogen-bond acceptors (Lipinski definition) is 5. The Morgan fingerprint density at radius 3 is 2.00 bits per heavy atom. The van der Waals surface area contributed by atoms with Crippen molar-refractivity contribution in [3.8, 4) is 11.5 Å². The molecule has 2 rings (SSSR count). The molecule has 1 N–H and O–H groups in total. The van der Waals surface area contributed by atoms with Crippen molar-refractivity contribution >= 4 is 12.6 Å². The van der Waals surface area contributed by atoms with E-state index in [-0.39, 0.29) is 0 Å². The highest BCUT2D eigenvalue weighted by molar-refractivity contribution is 5.90. The third-order valence-electron chi connectivity index (χ3n) is 2.29. The monoisotopic (exact) mass is 287 g/mol. The number of rotatable bonds is 4. The van der Waals surface area contributed by atoms with E-state index in [9.17, 15) is 9.59 Å². The van der Waals surface area contributed by atoms with E-state index in [1.165, 1.54) is 0 Å². The average molecular weight is 287 g/mol. The molecule has 5 heteroatoms. The van der Waals surface area contributed by atoms with Gasteiger partial charge in [0.05, 0.1) is 0 Å². The summed E-state index contributed by atoms with van der Waals surface area (Å²) in [6.07, 6.45) is 1.29. The summed E-state index contributed by atoms with van der Waals surface area (Å²) in [4.78, 5) is 21.4. The molecule has 0 amide bonds. The SMILES string of the molecule is CN(C)O.O=Cc1ccc(Oc2ccccc2)cc1C=O. The van der Waals surface area contributed by atoms with E-state index in [1.54, 1.807) is 32.3 Å². The van der Waals surface area contributed by atoms with Crippen LogP contribution in [-0.2, 0) is 0 Å². The first kappa shape index (κ1) is 16.6. The fraction of sp³-hybridized carbons (Fsp3) is 0.125. The van der Waals surface area contributed by atoms with E-state index in [2.05, 4.69) is 0 Å². The van der Waals surface area contributed by atoms with E-state index in [4.69, 9.17) is 9.94 Å². The molecular weight excluding hydrogens is 270 g/mol. The zero-order valence-corrected chi connectivity index (χ0v) is 11.9. The van der Waals surface area contributed by atoms with Crippen LogP contribution in [0.3, 0.4) is 0 Å². The summed E-state index contributed by atoms with van der Waals surface area (Å²) in [5, 5.41) is 8.89. The van der Waals surface area contributed by atoms with Gasteiger partial charge < -0.3 is 9.94 Å². The molecule has 21 heavy (non-hydrogen) atoms. The summed E-state index contributed by atoms with van der Waals surface area (Å²) < 4.78 is 5.55. The van der Waals surface area contributed by atoms with Crippen LogP contribution in [0.5, 0.6) is 11.5 Å². The molecule has 0 unspecified atom stereocenters. The Balaban J connectivity index is 0.000000491. The molecule has 0 spiro atoms. The van der Waals surface area contributed by atoms with Crippen LogP contribution in [0, 0.1) is 0 Å². The quantitative estimate of drug-likeness (QED) is 0.691. The van der Waals surface area contributed by atoms with Crippen molar-refractivity contribution in [1.29, 1.82) is 0 Å². The highest BCUT2D eigenvalue weighted by atomic mass is 16.5. The first-order valence-corrected chi connectivity index (χ1v) is 6.20. The molecule has 0 aliphatic rings. The second kappa shape index (κ2) is 8.63. The van der Waals surface area contributed by atoms with Gasteiger partial charge in [-0.15, -0.1) is 0 Å². The maximum atomic E-state index is 10.8. The molecule has 0 aliphatic heterocycles. The summed E-state index contributed by atoms with van der Waals surface area (Å²) >= 11 is 0. The van der Waals surface area contributed by atoms with Crippen LogP contribution < -0.4 is 4.74 Å². The standard InChI is InChI=1S/C14H10O3.C2H7NO/c15-9-11-6-7-14(8-12(11)10-16)17-13-4-2-1-3-5-13;1-3(2)4/h1-10H;4H,1-2H3. The van der Waals surface area contributed by atoms with Crippen molar-refractivity contribution in [1.82, 2.24) is 5.06 Å². The topological polar surface area (TPSA) is 66.8 Å². The Morgan fingerprint density at radius 1 is 0.905 bits per heavy atom.